The zero-order chi connectivity index (χ0) is 18.8. The van der Waals surface area contributed by atoms with Crippen molar-refractivity contribution in [2.75, 3.05) is 12.5 Å². The number of pyridine rings is 1. The summed E-state index contributed by atoms with van der Waals surface area (Å²) in [5.41, 5.74) is 8.30. The molecule has 4 nitrogen and oxygen atoms in total. The van der Waals surface area contributed by atoms with Crippen molar-refractivity contribution in [2.45, 2.75) is 13.8 Å². The van der Waals surface area contributed by atoms with E-state index in [0.717, 1.165) is 44.4 Å². The van der Waals surface area contributed by atoms with Crippen molar-refractivity contribution < 1.29 is 4.74 Å². The smallest absolute Gasteiger partial charge is 0.126 e. The topological polar surface area (TPSA) is 46.5 Å². The highest BCUT2D eigenvalue weighted by molar-refractivity contribution is 6.02. The summed E-state index contributed by atoms with van der Waals surface area (Å²) in [4.78, 5) is 4.60. The Morgan fingerprint density at radius 3 is 2.56 bits per heavy atom. The number of aryl methyl sites for hydroxylation is 2. The number of hydrogen-bond acceptors (Lipinski definition) is 4. The molecule has 1 aromatic heterocycles. The van der Waals surface area contributed by atoms with Gasteiger partial charge in [0.05, 0.1) is 24.5 Å². The summed E-state index contributed by atoms with van der Waals surface area (Å²) < 4.78 is 5.46. The van der Waals surface area contributed by atoms with Crippen LogP contribution in [0, 0.1) is 13.8 Å². The van der Waals surface area contributed by atoms with Gasteiger partial charge in [0, 0.05) is 22.0 Å². The van der Waals surface area contributed by atoms with E-state index in [0.29, 0.717) is 0 Å². The molecule has 0 radical (unpaired) electrons. The normalized spacial score (nSPS) is 11.4. The Morgan fingerprint density at radius 1 is 0.926 bits per heavy atom. The first-order chi connectivity index (χ1) is 13.2. The van der Waals surface area contributed by atoms with E-state index in [1.54, 1.807) is 7.11 Å². The van der Waals surface area contributed by atoms with Crippen LogP contribution in [0.4, 0.5) is 5.69 Å². The first kappa shape index (κ1) is 17.0. The van der Waals surface area contributed by atoms with E-state index in [2.05, 4.69) is 46.7 Å². The molecule has 0 aliphatic heterocycles. The molecule has 0 spiro atoms. The third-order valence-electron chi connectivity index (χ3n) is 4.62. The Hall–Kier alpha value is -3.40. The number of hydrogen-bond donors (Lipinski definition) is 1. The van der Waals surface area contributed by atoms with Crippen LogP contribution in [0.2, 0.25) is 0 Å². The maximum atomic E-state index is 5.46. The predicted molar refractivity (Wildman–Crippen MR) is 113 cm³/mol. The van der Waals surface area contributed by atoms with E-state index in [9.17, 15) is 0 Å². The number of fused-ring (bicyclic) bond motifs is 2. The molecule has 0 aliphatic rings. The summed E-state index contributed by atoms with van der Waals surface area (Å²) >= 11 is 0. The summed E-state index contributed by atoms with van der Waals surface area (Å²) in [5, 5.41) is 7.74. The monoisotopic (exact) mass is 355 g/mol. The molecular formula is C23H21N3O. The van der Waals surface area contributed by atoms with Gasteiger partial charge in [-0.1, -0.05) is 35.9 Å². The minimum atomic E-state index is 0.863. The molecule has 0 saturated heterocycles. The van der Waals surface area contributed by atoms with Crippen LogP contribution in [-0.2, 0) is 0 Å². The molecule has 3 aromatic carbocycles. The van der Waals surface area contributed by atoms with Crippen molar-refractivity contribution in [1.29, 1.82) is 0 Å². The Bertz CT molecular complexity index is 1170. The number of nitrogens with one attached hydrogen (secondary N) is 1. The Kier molecular flexibility index (Phi) is 4.47. The number of benzene rings is 3. The van der Waals surface area contributed by atoms with E-state index in [1.165, 1.54) is 5.56 Å². The molecule has 0 amide bonds. The lowest BCUT2D eigenvalue weighted by atomic mass is 10.0. The van der Waals surface area contributed by atoms with E-state index in [4.69, 9.17) is 4.74 Å². The molecule has 4 rings (SSSR count). The molecule has 0 bridgehead atoms. The summed E-state index contributed by atoms with van der Waals surface area (Å²) in [5.74, 6) is 0.863. The molecule has 1 N–H and O–H groups in total. The third kappa shape index (κ3) is 3.34. The van der Waals surface area contributed by atoms with E-state index in [1.807, 2.05) is 49.5 Å². The van der Waals surface area contributed by atoms with Crippen LogP contribution in [-0.4, -0.2) is 18.3 Å². The standard InChI is InChI=1S/C23H21N3O/c1-15-8-10-21-20(12-15)22(13-16(2)25-21)26-24-14-17-9-11-23(27-3)19-7-5-4-6-18(17)19/h4-14H,1-3H3,(H,25,26). The van der Waals surface area contributed by atoms with Crippen LogP contribution < -0.4 is 10.2 Å². The summed E-state index contributed by atoms with van der Waals surface area (Å²) in [7, 11) is 1.69. The van der Waals surface area contributed by atoms with Crippen molar-refractivity contribution in [3.63, 3.8) is 0 Å². The van der Waals surface area contributed by atoms with Crippen molar-refractivity contribution in [1.82, 2.24) is 4.98 Å². The Morgan fingerprint density at radius 2 is 1.74 bits per heavy atom. The fraction of sp³-hybridized carbons (Fsp3) is 0.130. The summed E-state index contributed by atoms with van der Waals surface area (Å²) in [6.07, 6.45) is 1.85. The zero-order valence-electron chi connectivity index (χ0n) is 15.7. The molecule has 0 unspecified atom stereocenters. The second-order valence-corrected chi connectivity index (χ2v) is 6.60. The molecule has 0 aliphatic carbocycles. The van der Waals surface area contributed by atoms with Crippen LogP contribution in [0.1, 0.15) is 16.8 Å². The van der Waals surface area contributed by atoms with Gasteiger partial charge in [0.2, 0.25) is 0 Å². The van der Waals surface area contributed by atoms with Gasteiger partial charge < -0.3 is 4.74 Å². The van der Waals surface area contributed by atoms with Gasteiger partial charge in [-0.05, 0) is 49.6 Å². The molecular weight excluding hydrogens is 334 g/mol. The van der Waals surface area contributed by atoms with Crippen LogP contribution in [0.3, 0.4) is 0 Å². The summed E-state index contributed by atoms with van der Waals surface area (Å²) in [6, 6.07) is 20.4. The number of rotatable bonds is 4. The molecule has 4 aromatic rings. The van der Waals surface area contributed by atoms with Crippen LogP contribution in [0.25, 0.3) is 21.7 Å². The Balaban J connectivity index is 1.71. The SMILES string of the molecule is COc1ccc(C=NNc2cc(C)nc3ccc(C)cc23)c2ccccc12. The van der Waals surface area contributed by atoms with E-state index in [-0.39, 0.29) is 0 Å². The van der Waals surface area contributed by atoms with Gasteiger partial charge in [0.1, 0.15) is 5.75 Å². The van der Waals surface area contributed by atoms with Crippen molar-refractivity contribution in [3.05, 3.63) is 77.5 Å². The van der Waals surface area contributed by atoms with Gasteiger partial charge in [0.15, 0.2) is 0 Å². The first-order valence-electron chi connectivity index (χ1n) is 8.88. The minimum Gasteiger partial charge on any atom is -0.496 e. The summed E-state index contributed by atoms with van der Waals surface area (Å²) in [6.45, 7) is 4.07. The number of aromatic nitrogens is 1. The highest BCUT2D eigenvalue weighted by Gasteiger charge is 2.06. The maximum absolute atomic E-state index is 5.46. The van der Waals surface area contributed by atoms with Crippen molar-refractivity contribution >= 4 is 33.6 Å². The van der Waals surface area contributed by atoms with E-state index >= 15 is 0 Å². The van der Waals surface area contributed by atoms with Gasteiger partial charge in [0.25, 0.3) is 0 Å². The lowest BCUT2D eigenvalue weighted by molar-refractivity contribution is 0.420. The van der Waals surface area contributed by atoms with Gasteiger partial charge in [-0.15, -0.1) is 0 Å². The van der Waals surface area contributed by atoms with Crippen LogP contribution >= 0.6 is 0 Å². The highest BCUT2D eigenvalue weighted by Crippen LogP contribution is 2.28. The fourth-order valence-electron chi connectivity index (χ4n) is 3.32. The zero-order valence-corrected chi connectivity index (χ0v) is 15.7. The lowest BCUT2D eigenvalue weighted by Gasteiger charge is -2.09. The van der Waals surface area contributed by atoms with Crippen LogP contribution in [0.15, 0.2) is 65.8 Å². The lowest BCUT2D eigenvalue weighted by Crippen LogP contribution is -1.96. The highest BCUT2D eigenvalue weighted by atomic mass is 16.5. The molecule has 1 heterocycles. The molecule has 27 heavy (non-hydrogen) atoms. The Labute approximate surface area is 158 Å². The van der Waals surface area contributed by atoms with Gasteiger partial charge in [-0.25, -0.2) is 0 Å². The third-order valence-corrected chi connectivity index (χ3v) is 4.62. The van der Waals surface area contributed by atoms with Gasteiger partial charge in [-0.2, -0.15) is 5.10 Å². The quantitative estimate of drug-likeness (QED) is 0.390. The van der Waals surface area contributed by atoms with E-state index < -0.39 is 0 Å². The number of nitrogens with zero attached hydrogens (tertiary/aromatic N) is 2. The van der Waals surface area contributed by atoms with Crippen molar-refractivity contribution in [3.8, 4) is 5.75 Å². The number of anilines is 1. The molecule has 0 saturated carbocycles. The predicted octanol–water partition coefficient (Wildman–Crippen LogP) is 5.46. The first-order valence-corrected chi connectivity index (χ1v) is 8.88. The second kappa shape index (κ2) is 7.08. The molecule has 4 heteroatoms. The van der Waals surface area contributed by atoms with Gasteiger partial charge in [-0.3, -0.25) is 10.4 Å². The molecule has 134 valence electrons. The number of hydrazone groups is 1. The number of methoxy groups -OCH3 is 1. The van der Waals surface area contributed by atoms with Crippen LogP contribution in [0.5, 0.6) is 5.75 Å². The average molecular weight is 355 g/mol. The number of ether oxygens (including phenoxy) is 1. The maximum Gasteiger partial charge on any atom is 0.126 e. The molecule has 0 atom stereocenters. The average Bonchev–Trinajstić information content (AvgIpc) is 2.68. The molecule has 0 fully saturated rings. The van der Waals surface area contributed by atoms with Gasteiger partial charge >= 0.3 is 0 Å². The van der Waals surface area contributed by atoms with Crippen molar-refractivity contribution in [2.24, 2.45) is 5.10 Å². The minimum absolute atomic E-state index is 0.863. The largest absolute Gasteiger partial charge is 0.496 e. The second-order valence-electron chi connectivity index (χ2n) is 6.60. The fourth-order valence-corrected chi connectivity index (χ4v) is 3.32.